The Hall–Kier alpha value is -1.06. The molecule has 3 aliphatic rings. The van der Waals surface area contributed by atoms with Crippen molar-refractivity contribution in [3.8, 4) is 0 Å². The molecule has 3 atom stereocenters. The van der Waals surface area contributed by atoms with Crippen molar-refractivity contribution in [3.05, 3.63) is 34.9 Å². The van der Waals surface area contributed by atoms with Crippen molar-refractivity contribution in [1.29, 1.82) is 0 Å². The van der Waals surface area contributed by atoms with E-state index in [0.717, 1.165) is 12.0 Å². The fraction of sp³-hybridized carbons (Fsp3) is 0.462. The van der Waals surface area contributed by atoms with Crippen LogP contribution in [0.1, 0.15) is 12.0 Å². The van der Waals surface area contributed by atoms with E-state index in [2.05, 4.69) is 0 Å². The van der Waals surface area contributed by atoms with Crippen LogP contribution in [0.2, 0.25) is 5.02 Å². The Bertz CT molecular complexity index is 452. The fourth-order valence-corrected chi connectivity index (χ4v) is 3.15. The molecule has 3 fully saturated rings. The van der Waals surface area contributed by atoms with Crippen molar-refractivity contribution in [1.82, 2.24) is 0 Å². The largest absolute Gasteiger partial charge is 0.469 e. The number of ether oxygens (including phenoxy) is 2. The summed E-state index contributed by atoms with van der Waals surface area (Å²) in [5.41, 5.74) is 0.925. The minimum absolute atomic E-state index is 0.0260. The number of benzene rings is 1. The lowest BCUT2D eigenvalue weighted by atomic mass is 9.57. The summed E-state index contributed by atoms with van der Waals surface area (Å²) >= 11 is 5.88. The van der Waals surface area contributed by atoms with Gasteiger partial charge >= 0.3 is 5.97 Å². The Labute approximate surface area is 105 Å². The summed E-state index contributed by atoms with van der Waals surface area (Å²) in [6, 6.07) is 7.66. The van der Waals surface area contributed by atoms with Crippen LogP contribution in [0, 0.1) is 5.92 Å². The maximum absolute atomic E-state index is 11.8. The van der Waals surface area contributed by atoms with Crippen LogP contribution in [0.5, 0.6) is 0 Å². The van der Waals surface area contributed by atoms with Crippen molar-refractivity contribution in [2.75, 3.05) is 13.7 Å². The molecule has 1 aromatic carbocycles. The molecule has 1 aliphatic carbocycles. The summed E-state index contributed by atoms with van der Waals surface area (Å²) in [6.45, 7) is 0.596. The van der Waals surface area contributed by atoms with E-state index in [4.69, 9.17) is 21.1 Å². The van der Waals surface area contributed by atoms with E-state index in [0.29, 0.717) is 11.6 Å². The highest BCUT2D eigenvalue weighted by Crippen LogP contribution is 2.56. The maximum Gasteiger partial charge on any atom is 0.312 e. The molecule has 2 heterocycles. The molecule has 4 rings (SSSR count). The van der Waals surface area contributed by atoms with Gasteiger partial charge in [0, 0.05) is 10.4 Å². The number of hydrogen-bond donors (Lipinski definition) is 0. The van der Waals surface area contributed by atoms with Crippen LogP contribution >= 0.6 is 11.6 Å². The van der Waals surface area contributed by atoms with E-state index in [9.17, 15) is 4.79 Å². The zero-order valence-corrected chi connectivity index (χ0v) is 10.2. The molecule has 2 bridgehead atoms. The summed E-state index contributed by atoms with van der Waals surface area (Å²) in [6.07, 6.45) is 0.923. The van der Waals surface area contributed by atoms with Crippen LogP contribution in [0.4, 0.5) is 0 Å². The van der Waals surface area contributed by atoms with Crippen molar-refractivity contribution in [3.63, 3.8) is 0 Å². The van der Waals surface area contributed by atoms with Crippen LogP contribution < -0.4 is 0 Å². The topological polar surface area (TPSA) is 35.5 Å². The molecule has 1 aromatic rings. The summed E-state index contributed by atoms with van der Waals surface area (Å²) in [5, 5.41) is 0.703. The minimum atomic E-state index is -0.192. The summed E-state index contributed by atoms with van der Waals surface area (Å²) < 4.78 is 10.5. The van der Waals surface area contributed by atoms with Crippen LogP contribution in [-0.2, 0) is 19.7 Å². The Morgan fingerprint density at radius 1 is 1.47 bits per heavy atom. The van der Waals surface area contributed by atoms with Gasteiger partial charge in [-0.25, -0.2) is 0 Å². The third-order valence-corrected chi connectivity index (χ3v) is 4.21. The second-order valence-electron chi connectivity index (χ2n) is 4.72. The Balaban J connectivity index is 1.96. The lowest BCUT2D eigenvalue weighted by Crippen LogP contribution is -2.52. The van der Waals surface area contributed by atoms with Gasteiger partial charge in [0.15, 0.2) is 0 Å². The monoisotopic (exact) mass is 252 g/mol. The van der Waals surface area contributed by atoms with Crippen LogP contribution in [0.15, 0.2) is 24.3 Å². The molecule has 1 saturated carbocycles. The maximum atomic E-state index is 11.8. The normalized spacial score (nSPS) is 34.2. The highest BCUT2D eigenvalue weighted by Gasteiger charge is 2.65. The van der Waals surface area contributed by atoms with Crippen molar-refractivity contribution >= 4 is 17.6 Å². The van der Waals surface area contributed by atoms with Gasteiger partial charge < -0.3 is 9.47 Å². The summed E-state index contributed by atoms with van der Waals surface area (Å²) in [4.78, 5) is 11.8. The number of methoxy groups -OCH3 is 1. The second-order valence-corrected chi connectivity index (χ2v) is 5.15. The molecule has 0 radical (unpaired) electrons. The molecule has 3 unspecified atom stereocenters. The average molecular weight is 253 g/mol. The van der Waals surface area contributed by atoms with Crippen molar-refractivity contribution < 1.29 is 14.3 Å². The highest BCUT2D eigenvalue weighted by molar-refractivity contribution is 6.30. The molecule has 0 aromatic heterocycles. The van der Waals surface area contributed by atoms with Gasteiger partial charge in [-0.3, -0.25) is 4.79 Å². The zero-order valence-electron chi connectivity index (χ0n) is 9.48. The first-order chi connectivity index (χ1) is 8.17. The predicted molar refractivity (Wildman–Crippen MR) is 63.0 cm³/mol. The van der Waals surface area contributed by atoms with E-state index in [-0.39, 0.29) is 23.4 Å². The molecule has 2 saturated heterocycles. The number of carbonyl (C=O) groups is 1. The van der Waals surface area contributed by atoms with E-state index >= 15 is 0 Å². The standard InChI is InChI=1S/C13H13ClO3/c1-16-12(15)11-10-6-13(11,7-17-10)8-2-4-9(14)5-3-8/h2-5,10-11H,6-7H2,1H3. The molecular weight excluding hydrogens is 240 g/mol. The third kappa shape index (κ3) is 1.42. The first-order valence-electron chi connectivity index (χ1n) is 5.63. The van der Waals surface area contributed by atoms with Crippen LogP contribution in [0.25, 0.3) is 0 Å². The van der Waals surface area contributed by atoms with Gasteiger partial charge in [-0.2, -0.15) is 0 Å². The van der Waals surface area contributed by atoms with Gasteiger partial charge in [0.2, 0.25) is 0 Å². The van der Waals surface area contributed by atoms with Crippen LogP contribution in [-0.4, -0.2) is 25.8 Å². The number of halogens is 1. The van der Waals surface area contributed by atoms with Gasteiger partial charge in [0.25, 0.3) is 0 Å². The van der Waals surface area contributed by atoms with Gasteiger partial charge in [0.1, 0.15) is 0 Å². The highest BCUT2D eigenvalue weighted by atomic mass is 35.5. The molecule has 0 N–H and O–H groups in total. The van der Waals surface area contributed by atoms with E-state index in [1.54, 1.807) is 0 Å². The Morgan fingerprint density at radius 3 is 2.76 bits per heavy atom. The van der Waals surface area contributed by atoms with Gasteiger partial charge in [0.05, 0.1) is 25.7 Å². The second kappa shape index (κ2) is 3.72. The number of esters is 1. The Kier molecular flexibility index (Phi) is 2.42. The quantitative estimate of drug-likeness (QED) is 0.757. The molecular formula is C13H13ClO3. The van der Waals surface area contributed by atoms with E-state index < -0.39 is 0 Å². The van der Waals surface area contributed by atoms with Crippen LogP contribution in [0.3, 0.4) is 0 Å². The van der Waals surface area contributed by atoms with Gasteiger partial charge in [-0.1, -0.05) is 23.7 Å². The smallest absolute Gasteiger partial charge is 0.312 e. The molecule has 3 nitrogen and oxygen atoms in total. The minimum Gasteiger partial charge on any atom is -0.469 e. The fourth-order valence-electron chi connectivity index (χ4n) is 3.03. The number of carbonyl (C=O) groups excluding carboxylic acids is 1. The van der Waals surface area contributed by atoms with Gasteiger partial charge in [-0.05, 0) is 24.1 Å². The molecule has 2 aliphatic heterocycles. The molecule has 17 heavy (non-hydrogen) atoms. The lowest BCUT2D eigenvalue weighted by Gasteiger charge is -2.43. The Morgan fingerprint density at radius 2 is 2.18 bits per heavy atom. The number of hydrogen-bond acceptors (Lipinski definition) is 3. The predicted octanol–water partition coefficient (Wildman–Crippen LogP) is 2.17. The third-order valence-electron chi connectivity index (χ3n) is 3.96. The van der Waals surface area contributed by atoms with Crippen molar-refractivity contribution in [2.24, 2.45) is 5.92 Å². The zero-order chi connectivity index (χ0) is 12.0. The number of rotatable bonds is 2. The van der Waals surface area contributed by atoms with E-state index in [1.165, 1.54) is 7.11 Å². The van der Waals surface area contributed by atoms with Crippen molar-refractivity contribution in [2.45, 2.75) is 17.9 Å². The molecule has 0 spiro atoms. The summed E-state index contributed by atoms with van der Waals surface area (Å²) in [7, 11) is 1.43. The lowest BCUT2D eigenvalue weighted by molar-refractivity contribution is -0.154. The first-order valence-corrected chi connectivity index (χ1v) is 6.01. The van der Waals surface area contributed by atoms with Gasteiger partial charge in [-0.15, -0.1) is 0 Å². The SMILES string of the molecule is COC(=O)C1C2CC1(c1ccc(Cl)cc1)CO2. The first kappa shape index (κ1) is 11.1. The van der Waals surface area contributed by atoms with E-state index in [1.807, 2.05) is 24.3 Å². The molecule has 90 valence electrons. The number of fused-ring (bicyclic) bond motifs is 1. The summed E-state index contributed by atoms with van der Waals surface area (Å²) in [5.74, 6) is -0.331. The average Bonchev–Trinajstić information content (AvgIpc) is 2.89. The molecule has 0 amide bonds. The molecule has 4 heteroatoms.